The molecule has 1 unspecified atom stereocenters. The number of aliphatic carboxylic acids is 1. The predicted molar refractivity (Wildman–Crippen MR) is 67.0 cm³/mol. The van der Waals surface area contributed by atoms with Gasteiger partial charge in [-0.2, -0.15) is 0 Å². The second-order valence-corrected chi connectivity index (χ2v) is 4.49. The van der Waals surface area contributed by atoms with Crippen LogP contribution in [0.2, 0.25) is 0 Å². The van der Waals surface area contributed by atoms with E-state index in [9.17, 15) is 14.4 Å². The van der Waals surface area contributed by atoms with Gasteiger partial charge >= 0.3 is 5.97 Å². The third-order valence-electron chi connectivity index (χ3n) is 3.09. The Hall–Kier alpha value is -2.16. The molecule has 0 bridgehead atoms. The minimum atomic E-state index is -1.21. The average molecular weight is 284 g/mol. The summed E-state index contributed by atoms with van der Waals surface area (Å²) in [4.78, 5) is 40.5. The van der Waals surface area contributed by atoms with E-state index in [-0.39, 0.29) is 24.6 Å². The first-order valence-corrected chi connectivity index (χ1v) is 6.30. The number of hydrogen-bond donors (Lipinski definition) is 3. The number of rotatable bonds is 4. The highest BCUT2D eigenvalue weighted by molar-refractivity contribution is 6.36. The standard InChI is InChI=1S/C11H16N4O5/c16-9(15-3-1-12-2-4-15)6-13-10(17)8-5-7(11(18)19)14-20-8/h8,12H,1-6H2,(H,13,17)(H,18,19). The Kier molecular flexibility index (Phi) is 4.51. The molecule has 0 aliphatic carbocycles. The molecule has 9 nitrogen and oxygen atoms in total. The maximum Gasteiger partial charge on any atom is 0.353 e. The molecule has 2 aliphatic heterocycles. The fraction of sp³-hybridized carbons (Fsp3) is 0.636. The molecule has 0 aromatic carbocycles. The van der Waals surface area contributed by atoms with Crippen LogP contribution in [0, 0.1) is 0 Å². The first-order chi connectivity index (χ1) is 9.58. The topological polar surface area (TPSA) is 120 Å². The van der Waals surface area contributed by atoms with E-state index in [1.54, 1.807) is 4.90 Å². The largest absolute Gasteiger partial charge is 0.477 e. The number of carbonyl (C=O) groups is 3. The summed E-state index contributed by atoms with van der Waals surface area (Å²) in [7, 11) is 0. The van der Waals surface area contributed by atoms with Crippen LogP contribution in [0.4, 0.5) is 0 Å². The molecule has 1 fully saturated rings. The normalized spacial score (nSPS) is 21.9. The van der Waals surface area contributed by atoms with E-state index in [2.05, 4.69) is 15.8 Å². The zero-order chi connectivity index (χ0) is 14.5. The lowest BCUT2D eigenvalue weighted by Crippen LogP contribution is -2.50. The third-order valence-corrected chi connectivity index (χ3v) is 3.09. The molecule has 9 heteroatoms. The molecule has 0 aromatic heterocycles. The zero-order valence-electron chi connectivity index (χ0n) is 10.8. The van der Waals surface area contributed by atoms with Crippen LogP contribution in [-0.2, 0) is 19.2 Å². The third kappa shape index (κ3) is 3.44. The van der Waals surface area contributed by atoms with E-state index >= 15 is 0 Å². The summed E-state index contributed by atoms with van der Waals surface area (Å²) < 4.78 is 0. The second kappa shape index (κ2) is 6.33. The van der Waals surface area contributed by atoms with Crippen molar-refractivity contribution in [2.75, 3.05) is 32.7 Å². The molecule has 110 valence electrons. The summed E-state index contributed by atoms with van der Waals surface area (Å²) in [6.07, 6.45) is -1.07. The second-order valence-electron chi connectivity index (χ2n) is 4.49. The van der Waals surface area contributed by atoms with Gasteiger partial charge in [0.05, 0.1) is 6.54 Å². The number of hydrogen-bond acceptors (Lipinski definition) is 6. The van der Waals surface area contributed by atoms with Gasteiger partial charge in [0.1, 0.15) is 0 Å². The molecule has 0 radical (unpaired) electrons. The van der Waals surface area contributed by atoms with Crippen LogP contribution < -0.4 is 10.6 Å². The molecule has 0 aromatic rings. The van der Waals surface area contributed by atoms with Crippen LogP contribution >= 0.6 is 0 Å². The number of carboxylic acids is 1. The van der Waals surface area contributed by atoms with Gasteiger partial charge in [0.2, 0.25) is 12.0 Å². The van der Waals surface area contributed by atoms with E-state index < -0.39 is 18.0 Å². The predicted octanol–water partition coefficient (Wildman–Crippen LogP) is -2.24. The molecule has 2 amide bonds. The summed E-state index contributed by atoms with van der Waals surface area (Å²) >= 11 is 0. The molecular weight excluding hydrogens is 268 g/mol. The number of nitrogens with zero attached hydrogens (tertiary/aromatic N) is 2. The van der Waals surface area contributed by atoms with Crippen molar-refractivity contribution in [3.63, 3.8) is 0 Å². The van der Waals surface area contributed by atoms with Gasteiger partial charge in [-0.15, -0.1) is 0 Å². The molecule has 20 heavy (non-hydrogen) atoms. The molecule has 2 rings (SSSR count). The summed E-state index contributed by atoms with van der Waals surface area (Å²) in [6, 6.07) is 0. The quantitative estimate of drug-likeness (QED) is 0.537. The fourth-order valence-electron chi connectivity index (χ4n) is 1.95. The highest BCUT2D eigenvalue weighted by Crippen LogP contribution is 2.10. The van der Waals surface area contributed by atoms with Crippen LogP contribution in [0.1, 0.15) is 6.42 Å². The molecule has 3 N–H and O–H groups in total. The van der Waals surface area contributed by atoms with E-state index in [0.29, 0.717) is 13.1 Å². The maximum absolute atomic E-state index is 11.8. The van der Waals surface area contributed by atoms with Crippen LogP contribution in [-0.4, -0.2) is 72.3 Å². The van der Waals surface area contributed by atoms with Gasteiger partial charge in [-0.25, -0.2) is 4.79 Å². The minimum Gasteiger partial charge on any atom is -0.477 e. The van der Waals surface area contributed by atoms with Crippen LogP contribution in [0.3, 0.4) is 0 Å². The van der Waals surface area contributed by atoms with E-state index in [1.165, 1.54) is 0 Å². The Morgan fingerprint density at radius 1 is 1.40 bits per heavy atom. The van der Waals surface area contributed by atoms with Gasteiger partial charge in [0.25, 0.3) is 5.91 Å². The van der Waals surface area contributed by atoms with Gasteiger partial charge in [0.15, 0.2) is 5.71 Å². The van der Waals surface area contributed by atoms with Gasteiger partial charge in [-0.1, -0.05) is 5.16 Å². The number of nitrogens with one attached hydrogen (secondary N) is 2. The highest BCUT2D eigenvalue weighted by Gasteiger charge is 2.31. The molecule has 2 heterocycles. The van der Waals surface area contributed by atoms with Gasteiger partial charge in [0, 0.05) is 32.6 Å². The number of piperazine rings is 1. The van der Waals surface area contributed by atoms with E-state index in [1.807, 2.05) is 0 Å². The van der Waals surface area contributed by atoms with Gasteiger partial charge < -0.3 is 25.5 Å². The number of carboxylic acid groups (broad SMARTS) is 1. The zero-order valence-corrected chi connectivity index (χ0v) is 10.8. The van der Waals surface area contributed by atoms with Crippen LogP contribution in [0.5, 0.6) is 0 Å². The van der Waals surface area contributed by atoms with Crippen molar-refractivity contribution in [3.05, 3.63) is 0 Å². The Morgan fingerprint density at radius 2 is 2.10 bits per heavy atom. The van der Waals surface area contributed by atoms with Crippen LogP contribution in [0.25, 0.3) is 0 Å². The van der Waals surface area contributed by atoms with Crippen LogP contribution in [0.15, 0.2) is 5.16 Å². The highest BCUT2D eigenvalue weighted by atomic mass is 16.6. The Bertz CT molecular complexity index is 444. The number of oxime groups is 1. The summed E-state index contributed by atoms with van der Waals surface area (Å²) in [5, 5.41) is 17.6. The van der Waals surface area contributed by atoms with Crippen molar-refractivity contribution < 1.29 is 24.3 Å². The summed E-state index contributed by atoms with van der Waals surface area (Å²) in [6.45, 7) is 2.57. The molecule has 0 spiro atoms. The smallest absolute Gasteiger partial charge is 0.353 e. The SMILES string of the molecule is O=C(O)C1=NOC(C(=O)NCC(=O)N2CCNCC2)C1. The summed E-state index contributed by atoms with van der Waals surface area (Å²) in [5.41, 5.74) is -0.196. The van der Waals surface area contributed by atoms with Crippen molar-refractivity contribution >= 4 is 23.5 Å². The average Bonchev–Trinajstić information content (AvgIpc) is 2.95. The lowest BCUT2D eigenvalue weighted by Gasteiger charge is -2.27. The lowest BCUT2D eigenvalue weighted by molar-refractivity contribution is -0.136. The summed E-state index contributed by atoms with van der Waals surface area (Å²) in [5.74, 6) is -1.91. The van der Waals surface area contributed by atoms with Crippen molar-refractivity contribution in [2.24, 2.45) is 5.16 Å². The van der Waals surface area contributed by atoms with Gasteiger partial charge in [-0.05, 0) is 0 Å². The molecule has 1 saturated heterocycles. The molecular formula is C11H16N4O5. The van der Waals surface area contributed by atoms with Crippen molar-refractivity contribution in [3.8, 4) is 0 Å². The maximum atomic E-state index is 11.8. The van der Waals surface area contributed by atoms with Gasteiger partial charge in [-0.3, -0.25) is 9.59 Å². The lowest BCUT2D eigenvalue weighted by atomic mass is 10.2. The molecule has 0 saturated carbocycles. The Balaban J connectivity index is 1.73. The van der Waals surface area contributed by atoms with Crippen molar-refractivity contribution in [1.29, 1.82) is 0 Å². The first kappa shape index (κ1) is 14.3. The van der Waals surface area contributed by atoms with E-state index in [4.69, 9.17) is 9.94 Å². The molecule has 1 atom stereocenters. The Morgan fingerprint density at radius 3 is 2.70 bits per heavy atom. The minimum absolute atomic E-state index is 0.0943. The number of carbonyl (C=O) groups excluding carboxylic acids is 2. The fourth-order valence-corrected chi connectivity index (χ4v) is 1.95. The van der Waals surface area contributed by atoms with E-state index in [0.717, 1.165) is 13.1 Å². The monoisotopic (exact) mass is 284 g/mol. The molecule has 2 aliphatic rings. The van der Waals surface area contributed by atoms with Crippen molar-refractivity contribution in [1.82, 2.24) is 15.5 Å². The van der Waals surface area contributed by atoms with Crippen molar-refractivity contribution in [2.45, 2.75) is 12.5 Å². The number of amides is 2. The first-order valence-electron chi connectivity index (χ1n) is 6.30. The Labute approximate surface area is 114 Å².